The fraction of sp³-hybridized carbons (Fsp3) is 0.800. The Kier molecular flexibility index (Phi) is 4.38. The summed E-state index contributed by atoms with van der Waals surface area (Å²) >= 11 is 0. The van der Waals surface area contributed by atoms with E-state index in [2.05, 4.69) is 9.47 Å². The van der Waals surface area contributed by atoms with Crippen molar-refractivity contribution in [2.24, 2.45) is 17.8 Å². The summed E-state index contributed by atoms with van der Waals surface area (Å²) in [5, 5.41) is 0. The third-order valence-corrected chi connectivity index (χ3v) is 4.28. The molecule has 0 aliphatic heterocycles. The van der Waals surface area contributed by atoms with Gasteiger partial charge in [-0.1, -0.05) is 12.2 Å². The molecule has 2 aliphatic rings. The molecule has 3 unspecified atom stereocenters. The van der Waals surface area contributed by atoms with Crippen molar-refractivity contribution in [2.75, 3.05) is 0 Å². The van der Waals surface area contributed by atoms with E-state index in [1.807, 2.05) is 0 Å². The zero-order chi connectivity index (χ0) is 18.6. The van der Waals surface area contributed by atoms with Crippen LogP contribution in [0.4, 0.5) is 31.1 Å². The Labute approximate surface area is 135 Å². The van der Waals surface area contributed by atoms with Crippen LogP contribution in [0.15, 0.2) is 12.2 Å². The Morgan fingerprint density at radius 1 is 0.917 bits per heavy atom. The van der Waals surface area contributed by atoms with Crippen molar-refractivity contribution in [3.63, 3.8) is 0 Å². The second-order valence-corrected chi connectivity index (χ2v) is 7.18. The lowest BCUT2D eigenvalue weighted by Gasteiger charge is -2.42. The fourth-order valence-electron chi connectivity index (χ4n) is 3.42. The first kappa shape index (κ1) is 18.9. The number of halogens is 6. The molecule has 9 heteroatoms. The van der Waals surface area contributed by atoms with Crippen molar-refractivity contribution in [1.82, 2.24) is 0 Å². The topological polar surface area (TPSA) is 35.5 Å². The van der Waals surface area contributed by atoms with Gasteiger partial charge in [0.15, 0.2) is 0 Å². The maximum atomic E-state index is 13.6. The van der Waals surface area contributed by atoms with Crippen LogP contribution >= 0.6 is 0 Å². The van der Waals surface area contributed by atoms with Gasteiger partial charge in [-0.2, -0.15) is 26.3 Å². The quantitative estimate of drug-likeness (QED) is 0.394. The van der Waals surface area contributed by atoms with E-state index in [4.69, 9.17) is 0 Å². The smallest absolute Gasteiger partial charge is 0.429 e. The third kappa shape index (κ3) is 3.21. The van der Waals surface area contributed by atoms with Crippen molar-refractivity contribution in [1.29, 1.82) is 0 Å². The minimum absolute atomic E-state index is 0.191. The summed E-state index contributed by atoms with van der Waals surface area (Å²) in [5.41, 5.74) is -5.86. The van der Waals surface area contributed by atoms with Gasteiger partial charge in [-0.25, -0.2) is 4.79 Å². The SMILES string of the molecule is CC(C)(C)OC(=O)OC(C1CC2C=CC1C2)(C(F)(F)F)C(F)(F)F. The summed E-state index contributed by atoms with van der Waals surface area (Å²) in [7, 11) is 0. The molecular formula is C15H18F6O3. The molecule has 2 aliphatic carbocycles. The number of hydrogen-bond donors (Lipinski definition) is 0. The van der Waals surface area contributed by atoms with Crippen LogP contribution in [0.1, 0.15) is 33.6 Å². The van der Waals surface area contributed by atoms with Crippen LogP contribution in [0.5, 0.6) is 0 Å². The van der Waals surface area contributed by atoms with Gasteiger partial charge in [0.05, 0.1) is 0 Å². The summed E-state index contributed by atoms with van der Waals surface area (Å²) in [5.74, 6) is -3.23. The molecule has 138 valence electrons. The van der Waals surface area contributed by atoms with Gasteiger partial charge in [-0.15, -0.1) is 0 Å². The number of rotatable bonds is 2. The Hall–Kier alpha value is -1.41. The highest BCUT2D eigenvalue weighted by molar-refractivity contribution is 5.61. The number of hydrogen-bond acceptors (Lipinski definition) is 3. The zero-order valence-corrected chi connectivity index (χ0v) is 13.3. The molecule has 3 nitrogen and oxygen atoms in total. The Morgan fingerprint density at radius 3 is 1.79 bits per heavy atom. The monoisotopic (exact) mass is 360 g/mol. The number of fused-ring (bicyclic) bond motifs is 2. The second-order valence-electron chi connectivity index (χ2n) is 7.18. The predicted molar refractivity (Wildman–Crippen MR) is 71.0 cm³/mol. The molecular weight excluding hydrogens is 342 g/mol. The Morgan fingerprint density at radius 2 is 1.46 bits per heavy atom. The van der Waals surface area contributed by atoms with Crippen molar-refractivity contribution < 1.29 is 40.6 Å². The van der Waals surface area contributed by atoms with Crippen LogP contribution < -0.4 is 0 Å². The summed E-state index contributed by atoms with van der Waals surface area (Å²) in [4.78, 5) is 11.7. The standard InChI is InChI=1S/C15H18F6O3/c1-12(2,3)23-11(22)24-13(14(16,17)18,15(19,20)21)10-7-8-4-5-9(10)6-8/h4-5,8-10H,6-7H2,1-3H3. The lowest BCUT2D eigenvalue weighted by atomic mass is 9.77. The van der Waals surface area contributed by atoms with Gasteiger partial charge in [0, 0.05) is 5.92 Å². The largest absolute Gasteiger partial charge is 0.510 e. The molecule has 0 aromatic heterocycles. The third-order valence-electron chi connectivity index (χ3n) is 4.28. The molecule has 2 bridgehead atoms. The minimum atomic E-state index is -5.81. The summed E-state index contributed by atoms with van der Waals surface area (Å²) in [6.07, 6.45) is -10.8. The second kappa shape index (κ2) is 5.56. The molecule has 0 amide bonds. The van der Waals surface area contributed by atoms with Gasteiger partial charge >= 0.3 is 24.1 Å². The van der Waals surface area contributed by atoms with Gasteiger partial charge in [-0.3, -0.25) is 0 Å². The molecule has 1 saturated carbocycles. The number of carbonyl (C=O) groups excluding carboxylic acids is 1. The first-order valence-electron chi connectivity index (χ1n) is 7.41. The molecule has 0 aromatic carbocycles. The molecule has 0 radical (unpaired) electrons. The average Bonchev–Trinajstić information content (AvgIpc) is 2.92. The summed E-state index contributed by atoms with van der Waals surface area (Å²) in [6, 6.07) is 0. The fourth-order valence-corrected chi connectivity index (χ4v) is 3.42. The maximum absolute atomic E-state index is 13.6. The van der Waals surface area contributed by atoms with Gasteiger partial charge < -0.3 is 9.47 Å². The van der Waals surface area contributed by atoms with Gasteiger partial charge in [0.1, 0.15) is 5.60 Å². The first-order chi connectivity index (χ1) is 10.7. The number of ether oxygens (including phenoxy) is 2. The van der Waals surface area contributed by atoms with Crippen LogP contribution in [-0.2, 0) is 9.47 Å². The molecule has 1 fully saturated rings. The Balaban J connectivity index is 2.44. The molecule has 0 heterocycles. The molecule has 0 spiro atoms. The van der Waals surface area contributed by atoms with E-state index in [0.717, 1.165) is 0 Å². The summed E-state index contributed by atoms with van der Waals surface area (Å²) in [6.45, 7) is 3.95. The highest BCUT2D eigenvalue weighted by Crippen LogP contribution is 2.59. The zero-order valence-electron chi connectivity index (χ0n) is 13.3. The van der Waals surface area contributed by atoms with E-state index in [9.17, 15) is 31.1 Å². The minimum Gasteiger partial charge on any atom is -0.429 e. The average molecular weight is 360 g/mol. The van der Waals surface area contributed by atoms with Crippen molar-refractivity contribution in [2.45, 2.75) is 57.2 Å². The number of alkyl halides is 6. The normalized spacial score (nSPS) is 27.5. The van der Waals surface area contributed by atoms with Crippen LogP contribution in [-0.4, -0.2) is 29.7 Å². The molecule has 2 rings (SSSR count). The van der Waals surface area contributed by atoms with E-state index in [1.54, 1.807) is 6.08 Å². The van der Waals surface area contributed by atoms with Crippen molar-refractivity contribution >= 4 is 6.16 Å². The highest BCUT2D eigenvalue weighted by atomic mass is 19.4. The van der Waals surface area contributed by atoms with E-state index < -0.39 is 41.5 Å². The Bertz CT molecular complexity index is 515. The predicted octanol–water partition coefficient (Wildman–Crippen LogP) is 5.01. The van der Waals surface area contributed by atoms with E-state index >= 15 is 0 Å². The van der Waals surface area contributed by atoms with Crippen LogP contribution in [0.3, 0.4) is 0 Å². The van der Waals surface area contributed by atoms with E-state index in [-0.39, 0.29) is 18.8 Å². The van der Waals surface area contributed by atoms with Gasteiger partial charge in [0.2, 0.25) is 0 Å². The molecule has 24 heavy (non-hydrogen) atoms. The van der Waals surface area contributed by atoms with E-state index in [1.165, 1.54) is 26.8 Å². The lowest BCUT2D eigenvalue weighted by molar-refractivity contribution is -0.387. The number of allylic oxidation sites excluding steroid dienone is 2. The highest BCUT2D eigenvalue weighted by Gasteiger charge is 2.79. The van der Waals surface area contributed by atoms with Gasteiger partial charge in [0.25, 0.3) is 0 Å². The van der Waals surface area contributed by atoms with Crippen molar-refractivity contribution in [3.05, 3.63) is 12.2 Å². The summed E-state index contributed by atoms with van der Waals surface area (Å²) < 4.78 is 90.0. The molecule has 3 atom stereocenters. The molecule has 0 saturated heterocycles. The maximum Gasteiger partial charge on any atom is 0.510 e. The van der Waals surface area contributed by atoms with Crippen molar-refractivity contribution in [3.8, 4) is 0 Å². The molecule has 0 N–H and O–H groups in total. The first-order valence-corrected chi connectivity index (χ1v) is 7.41. The number of carbonyl (C=O) groups is 1. The molecule has 0 aromatic rings. The van der Waals surface area contributed by atoms with Crippen LogP contribution in [0.2, 0.25) is 0 Å². The van der Waals surface area contributed by atoms with Gasteiger partial charge in [-0.05, 0) is 45.4 Å². The van der Waals surface area contributed by atoms with Crippen LogP contribution in [0, 0.1) is 17.8 Å². The van der Waals surface area contributed by atoms with Crippen LogP contribution in [0.25, 0.3) is 0 Å². The van der Waals surface area contributed by atoms with E-state index in [0.29, 0.717) is 0 Å². The lowest BCUT2D eigenvalue weighted by Crippen LogP contribution is -2.65.